The van der Waals surface area contributed by atoms with Crippen molar-refractivity contribution in [2.45, 2.75) is 62.2 Å². The van der Waals surface area contributed by atoms with Crippen LogP contribution in [0.3, 0.4) is 0 Å². The van der Waals surface area contributed by atoms with Gasteiger partial charge in [0.15, 0.2) is 5.79 Å². The summed E-state index contributed by atoms with van der Waals surface area (Å²) in [5.41, 5.74) is 4.07. The molecule has 2 aliphatic rings. The molecule has 2 aliphatic heterocycles. The van der Waals surface area contributed by atoms with E-state index in [0.29, 0.717) is 5.75 Å². The van der Waals surface area contributed by atoms with Crippen molar-refractivity contribution in [3.63, 3.8) is 0 Å². The Hall–Kier alpha value is -3.52. The molecule has 0 unspecified atom stereocenters. The second kappa shape index (κ2) is 11.4. The third kappa shape index (κ3) is 5.54. The van der Waals surface area contributed by atoms with Crippen LogP contribution < -0.4 is 4.74 Å². The lowest BCUT2D eigenvalue weighted by Crippen LogP contribution is -2.67. The second-order valence-corrected chi connectivity index (χ2v) is 11.2. The summed E-state index contributed by atoms with van der Waals surface area (Å²) in [4.78, 5) is 0. The lowest BCUT2D eigenvalue weighted by Gasteiger charge is -2.48. The first-order valence-corrected chi connectivity index (χ1v) is 14.1. The standard InChI is InChI=1S/C35H36O6/c1-34(2)40-31-29(23-36)39-35(33(37)32(31)41-34,22-24-14-6-3-7-15-24)38-28-21-13-12-20-27(28)30(25-16-8-4-9-17-25)26-18-10-5-11-19-26/h3-21,29-33,36-37H,22-23H2,1-2H3/t29-,31+,32+,33-,35-/m1/s1. The molecule has 212 valence electrons. The van der Waals surface area contributed by atoms with E-state index in [2.05, 4.69) is 30.3 Å². The molecule has 0 saturated carbocycles. The van der Waals surface area contributed by atoms with E-state index in [4.69, 9.17) is 18.9 Å². The maximum absolute atomic E-state index is 12.0. The van der Waals surface area contributed by atoms with Gasteiger partial charge < -0.3 is 29.2 Å². The molecule has 6 heteroatoms. The van der Waals surface area contributed by atoms with Crippen LogP contribution in [-0.2, 0) is 20.6 Å². The number of aliphatic hydroxyl groups is 2. The smallest absolute Gasteiger partial charge is 0.243 e. The summed E-state index contributed by atoms with van der Waals surface area (Å²) in [6, 6.07) is 38.2. The molecule has 41 heavy (non-hydrogen) atoms. The predicted molar refractivity (Wildman–Crippen MR) is 156 cm³/mol. The van der Waals surface area contributed by atoms with Crippen molar-refractivity contribution in [2.24, 2.45) is 0 Å². The molecule has 2 fully saturated rings. The summed E-state index contributed by atoms with van der Waals surface area (Å²) in [7, 11) is 0. The summed E-state index contributed by atoms with van der Waals surface area (Å²) < 4.78 is 25.7. The van der Waals surface area contributed by atoms with Crippen LogP contribution in [0.2, 0.25) is 0 Å². The SMILES string of the molecule is CC1(C)O[C@@H]2[C@H](O1)[C@@H](O)[C@](Cc1ccccc1)(Oc1ccccc1C(c1ccccc1)c1ccccc1)O[C@@H]2CO. The Kier molecular flexibility index (Phi) is 7.68. The van der Waals surface area contributed by atoms with Crippen molar-refractivity contribution >= 4 is 0 Å². The number of hydrogen-bond acceptors (Lipinski definition) is 6. The van der Waals surface area contributed by atoms with Gasteiger partial charge in [0.1, 0.15) is 30.2 Å². The van der Waals surface area contributed by atoms with Gasteiger partial charge in [-0.05, 0) is 36.6 Å². The molecule has 0 aromatic heterocycles. The summed E-state index contributed by atoms with van der Waals surface area (Å²) in [5.74, 6) is -2.06. The molecule has 0 spiro atoms. The highest BCUT2D eigenvalue weighted by Gasteiger charge is 2.62. The minimum atomic E-state index is -1.56. The maximum Gasteiger partial charge on any atom is 0.243 e. The highest BCUT2D eigenvalue weighted by Crippen LogP contribution is 2.45. The molecule has 6 nitrogen and oxygen atoms in total. The first-order chi connectivity index (χ1) is 19.9. The molecular formula is C35H36O6. The van der Waals surface area contributed by atoms with Crippen LogP contribution in [-0.4, -0.2) is 52.8 Å². The van der Waals surface area contributed by atoms with E-state index >= 15 is 0 Å². The van der Waals surface area contributed by atoms with Crippen molar-refractivity contribution in [1.82, 2.24) is 0 Å². The van der Waals surface area contributed by atoms with Crippen molar-refractivity contribution in [2.75, 3.05) is 6.61 Å². The fraction of sp³-hybridized carbons (Fsp3) is 0.314. The van der Waals surface area contributed by atoms with E-state index in [-0.39, 0.29) is 18.9 Å². The molecule has 0 aliphatic carbocycles. The molecule has 0 amide bonds. The third-order valence-electron chi connectivity index (χ3n) is 7.89. The Morgan fingerprint density at radius 2 is 1.24 bits per heavy atom. The van der Waals surface area contributed by atoms with Crippen LogP contribution in [0.25, 0.3) is 0 Å². The summed E-state index contributed by atoms with van der Waals surface area (Å²) in [6.45, 7) is 3.28. The Bertz CT molecular complexity index is 1390. The average Bonchev–Trinajstić information content (AvgIpc) is 3.33. The van der Waals surface area contributed by atoms with Gasteiger partial charge in [0, 0.05) is 17.9 Å². The zero-order valence-corrected chi connectivity index (χ0v) is 23.3. The van der Waals surface area contributed by atoms with E-state index in [0.717, 1.165) is 22.3 Å². The third-order valence-corrected chi connectivity index (χ3v) is 7.89. The van der Waals surface area contributed by atoms with Crippen LogP contribution in [0.5, 0.6) is 5.75 Å². The first-order valence-electron chi connectivity index (χ1n) is 14.1. The van der Waals surface area contributed by atoms with E-state index in [1.807, 2.05) is 84.9 Å². The highest BCUT2D eigenvalue weighted by molar-refractivity contribution is 5.49. The van der Waals surface area contributed by atoms with Crippen molar-refractivity contribution in [1.29, 1.82) is 0 Å². The quantitative estimate of drug-likeness (QED) is 0.283. The van der Waals surface area contributed by atoms with E-state index in [1.165, 1.54) is 0 Å². The molecule has 2 saturated heterocycles. The number of ether oxygens (including phenoxy) is 4. The van der Waals surface area contributed by atoms with Crippen LogP contribution in [0.4, 0.5) is 0 Å². The van der Waals surface area contributed by atoms with Crippen molar-refractivity contribution in [3.8, 4) is 5.75 Å². The van der Waals surface area contributed by atoms with Gasteiger partial charge in [-0.2, -0.15) is 0 Å². The Balaban J connectivity index is 1.47. The van der Waals surface area contributed by atoms with Gasteiger partial charge in [-0.15, -0.1) is 0 Å². The molecule has 4 aromatic rings. The number of hydrogen-bond donors (Lipinski definition) is 2. The van der Waals surface area contributed by atoms with Crippen molar-refractivity contribution < 1.29 is 29.2 Å². The van der Waals surface area contributed by atoms with Gasteiger partial charge in [-0.25, -0.2) is 0 Å². The summed E-state index contributed by atoms with van der Waals surface area (Å²) in [5, 5.41) is 22.4. The lowest BCUT2D eigenvalue weighted by atomic mass is 9.84. The Labute approximate surface area is 241 Å². The fourth-order valence-electron chi connectivity index (χ4n) is 6.12. The monoisotopic (exact) mass is 552 g/mol. The van der Waals surface area contributed by atoms with E-state index < -0.39 is 36.0 Å². The molecule has 6 rings (SSSR count). The molecule has 0 bridgehead atoms. The maximum atomic E-state index is 12.0. The van der Waals surface area contributed by atoms with Crippen LogP contribution in [0, 0.1) is 0 Å². The zero-order chi connectivity index (χ0) is 28.5. The second-order valence-electron chi connectivity index (χ2n) is 11.2. The molecule has 2 N–H and O–H groups in total. The Morgan fingerprint density at radius 3 is 1.85 bits per heavy atom. The van der Waals surface area contributed by atoms with Gasteiger partial charge in [0.2, 0.25) is 5.79 Å². The molecular weight excluding hydrogens is 516 g/mol. The minimum absolute atomic E-state index is 0.130. The number of benzene rings is 4. The predicted octanol–water partition coefficient (Wildman–Crippen LogP) is 5.46. The molecule has 4 aromatic carbocycles. The first kappa shape index (κ1) is 27.6. The van der Waals surface area contributed by atoms with Crippen LogP contribution >= 0.6 is 0 Å². The van der Waals surface area contributed by atoms with E-state index in [1.54, 1.807) is 13.8 Å². The van der Waals surface area contributed by atoms with Crippen LogP contribution in [0.1, 0.15) is 42.0 Å². The summed E-state index contributed by atoms with van der Waals surface area (Å²) >= 11 is 0. The van der Waals surface area contributed by atoms with Crippen molar-refractivity contribution in [3.05, 3.63) is 138 Å². The number of rotatable bonds is 8. The number of fused-ring (bicyclic) bond motifs is 1. The zero-order valence-electron chi connectivity index (χ0n) is 23.3. The highest BCUT2D eigenvalue weighted by atomic mass is 16.8. The van der Waals surface area contributed by atoms with Gasteiger partial charge in [0.05, 0.1) is 6.61 Å². The molecule has 2 heterocycles. The largest absolute Gasteiger partial charge is 0.459 e. The van der Waals surface area contributed by atoms with Gasteiger partial charge in [-0.1, -0.05) is 109 Å². The normalized spacial score (nSPS) is 27.0. The topological polar surface area (TPSA) is 77.4 Å². The fourth-order valence-corrected chi connectivity index (χ4v) is 6.12. The minimum Gasteiger partial charge on any atom is -0.459 e. The van der Waals surface area contributed by atoms with Gasteiger partial charge >= 0.3 is 0 Å². The number of aliphatic hydroxyl groups excluding tert-OH is 2. The summed E-state index contributed by atoms with van der Waals surface area (Å²) in [6.07, 6.45) is -3.15. The van der Waals surface area contributed by atoms with Gasteiger partial charge in [-0.3, -0.25) is 0 Å². The molecule has 5 atom stereocenters. The van der Waals surface area contributed by atoms with Gasteiger partial charge in [0.25, 0.3) is 0 Å². The Morgan fingerprint density at radius 1 is 0.707 bits per heavy atom. The lowest BCUT2D eigenvalue weighted by molar-refractivity contribution is -0.321. The van der Waals surface area contributed by atoms with E-state index in [9.17, 15) is 10.2 Å². The number of para-hydroxylation sites is 1. The average molecular weight is 553 g/mol. The molecule has 0 radical (unpaired) electrons. The van der Waals surface area contributed by atoms with Crippen LogP contribution in [0.15, 0.2) is 115 Å².